The number of imidazole rings is 1. The van der Waals surface area contributed by atoms with Gasteiger partial charge in [0.05, 0.1) is 24.9 Å². The number of anilines is 1. The minimum atomic E-state index is -0.708. The van der Waals surface area contributed by atoms with Crippen molar-refractivity contribution in [2.75, 3.05) is 44.8 Å². The maximum atomic E-state index is 15.2. The molecule has 1 aromatic carbocycles. The molecule has 2 aliphatic heterocycles. The number of ether oxygens (including phenoxy) is 1. The Balaban J connectivity index is 1.35. The summed E-state index contributed by atoms with van der Waals surface area (Å²) in [5.74, 6) is 1.66. The molecule has 2 aromatic heterocycles. The second-order valence-corrected chi connectivity index (χ2v) is 11.5. The van der Waals surface area contributed by atoms with Crippen molar-refractivity contribution in [3.8, 4) is 0 Å². The van der Waals surface area contributed by atoms with Crippen molar-refractivity contribution in [1.29, 1.82) is 0 Å². The van der Waals surface area contributed by atoms with Crippen molar-refractivity contribution in [1.82, 2.24) is 19.4 Å². The molecule has 8 nitrogen and oxygen atoms in total. The topological polar surface area (TPSA) is 79.9 Å². The van der Waals surface area contributed by atoms with Gasteiger partial charge in [0.2, 0.25) is 0 Å². The lowest BCUT2D eigenvalue weighted by Gasteiger charge is -2.42. The van der Waals surface area contributed by atoms with Gasteiger partial charge in [-0.15, -0.1) is 0 Å². The molecule has 2 saturated heterocycles. The molecule has 0 bridgehead atoms. The molecule has 42 heavy (non-hydrogen) atoms. The van der Waals surface area contributed by atoms with E-state index in [0.717, 1.165) is 39.0 Å². The van der Waals surface area contributed by atoms with Gasteiger partial charge in [-0.2, -0.15) is 0 Å². The van der Waals surface area contributed by atoms with E-state index in [2.05, 4.69) is 49.9 Å². The van der Waals surface area contributed by atoms with E-state index in [1.807, 2.05) is 37.6 Å². The number of aliphatic imine (C=N–C) groups is 2. The molecule has 3 aromatic rings. The van der Waals surface area contributed by atoms with E-state index in [-0.39, 0.29) is 23.9 Å². The summed E-state index contributed by atoms with van der Waals surface area (Å²) in [5, 5.41) is 3.16. The minimum absolute atomic E-state index is 0.0232. The number of hydrogen-bond acceptors (Lipinski definition) is 7. The Labute approximate surface area is 246 Å². The van der Waals surface area contributed by atoms with E-state index >= 15 is 8.78 Å². The number of piperidine rings is 1. The molecule has 2 fully saturated rings. The van der Waals surface area contributed by atoms with Crippen molar-refractivity contribution in [2.45, 2.75) is 52.5 Å². The lowest BCUT2D eigenvalue weighted by atomic mass is 9.72. The molecule has 1 atom stereocenters. The van der Waals surface area contributed by atoms with Crippen molar-refractivity contribution in [3.05, 3.63) is 65.3 Å². The SMILES string of the molecule is C=N/C=C(F)\C(=N/CNc1ccc(C(C2CCN(CC)CC2)C2COC2)cn1)c1cc(F)c2nc(C)n(C(C)C)c2c1. The molecule has 1 N–H and O–H groups in total. The fourth-order valence-electron chi connectivity index (χ4n) is 6.43. The van der Waals surface area contributed by atoms with Gasteiger partial charge in [-0.05, 0) is 95.6 Å². The van der Waals surface area contributed by atoms with E-state index in [1.165, 1.54) is 24.5 Å². The summed E-state index contributed by atoms with van der Waals surface area (Å²) in [5.41, 5.74) is 2.34. The Morgan fingerprint density at radius 1 is 1.21 bits per heavy atom. The number of aromatic nitrogens is 3. The van der Waals surface area contributed by atoms with Crippen LogP contribution in [0.15, 0.2) is 52.5 Å². The van der Waals surface area contributed by atoms with E-state index in [0.29, 0.717) is 40.5 Å². The molecule has 0 radical (unpaired) electrons. The average molecular weight is 578 g/mol. The minimum Gasteiger partial charge on any atom is -0.381 e. The second kappa shape index (κ2) is 13.2. The van der Waals surface area contributed by atoms with E-state index in [1.54, 1.807) is 6.07 Å². The first kappa shape index (κ1) is 30.0. The zero-order chi connectivity index (χ0) is 29.8. The molecule has 0 spiro atoms. The van der Waals surface area contributed by atoms with E-state index in [4.69, 9.17) is 4.74 Å². The molecule has 0 amide bonds. The predicted octanol–water partition coefficient (Wildman–Crippen LogP) is 6.29. The zero-order valence-corrected chi connectivity index (χ0v) is 25.0. The molecular formula is C32H41F2N7O. The molecule has 5 rings (SSSR count). The predicted molar refractivity (Wildman–Crippen MR) is 165 cm³/mol. The number of rotatable bonds is 11. The summed E-state index contributed by atoms with van der Waals surface area (Å²) >= 11 is 0. The van der Waals surface area contributed by atoms with Gasteiger partial charge in [0.15, 0.2) is 11.6 Å². The highest BCUT2D eigenvalue weighted by Crippen LogP contribution is 2.41. The summed E-state index contributed by atoms with van der Waals surface area (Å²) in [6.07, 6.45) is 5.31. The first-order chi connectivity index (χ1) is 20.3. The Kier molecular flexibility index (Phi) is 9.43. The molecular weight excluding hydrogens is 536 g/mol. The number of nitrogens with zero attached hydrogens (tertiary/aromatic N) is 6. The molecule has 224 valence electrons. The van der Waals surface area contributed by atoms with Crippen LogP contribution in [0, 0.1) is 24.6 Å². The molecule has 0 aliphatic carbocycles. The van der Waals surface area contributed by atoms with Gasteiger partial charge < -0.3 is 19.5 Å². The van der Waals surface area contributed by atoms with Crippen LogP contribution in [0.1, 0.15) is 62.5 Å². The summed E-state index contributed by atoms with van der Waals surface area (Å²) in [4.78, 5) is 19.6. The van der Waals surface area contributed by atoms with Gasteiger partial charge in [-0.1, -0.05) is 13.0 Å². The lowest BCUT2D eigenvalue weighted by Crippen LogP contribution is -2.41. The van der Waals surface area contributed by atoms with Crippen LogP contribution in [0.2, 0.25) is 0 Å². The van der Waals surface area contributed by atoms with Crippen LogP contribution < -0.4 is 5.32 Å². The maximum Gasteiger partial charge on any atom is 0.167 e. The Hall–Kier alpha value is -3.50. The third-order valence-electron chi connectivity index (χ3n) is 8.57. The van der Waals surface area contributed by atoms with E-state index < -0.39 is 11.6 Å². The molecule has 10 heteroatoms. The second-order valence-electron chi connectivity index (χ2n) is 11.5. The number of pyridine rings is 1. The first-order valence-electron chi connectivity index (χ1n) is 14.8. The number of likely N-dealkylation sites (tertiary alicyclic amines) is 1. The highest BCUT2D eigenvalue weighted by Gasteiger charge is 2.37. The van der Waals surface area contributed by atoms with Gasteiger partial charge >= 0.3 is 0 Å². The molecule has 2 aliphatic rings. The number of hydrogen-bond donors (Lipinski definition) is 1. The number of fused-ring (bicyclic) bond motifs is 1. The van der Waals surface area contributed by atoms with Crippen LogP contribution in [0.25, 0.3) is 11.0 Å². The number of halogens is 2. The largest absolute Gasteiger partial charge is 0.381 e. The maximum absolute atomic E-state index is 15.2. The fraction of sp³-hybridized carbons (Fsp3) is 0.500. The Morgan fingerprint density at radius 2 is 1.98 bits per heavy atom. The highest BCUT2D eigenvalue weighted by molar-refractivity contribution is 6.12. The van der Waals surface area contributed by atoms with Crippen molar-refractivity contribution in [3.63, 3.8) is 0 Å². The summed E-state index contributed by atoms with van der Waals surface area (Å²) < 4.78 is 37.8. The quantitative estimate of drug-likeness (QED) is 0.271. The monoisotopic (exact) mass is 577 g/mol. The standard InChI is InChI=1S/C32H41F2N7O/c1-6-40-11-9-22(10-12-40)30(25-17-42-18-25)23-7-8-29(36-15-23)37-19-38-31(27(34)16-35-5)24-13-26(33)32-28(14-24)41(20(2)3)21(4)39-32/h7-8,13-16,20,22,25,30H,5-6,9-12,17-19H2,1-4H3,(H,36,37)/b27-16+,38-31-. The van der Waals surface area contributed by atoms with Crippen LogP contribution in [0.4, 0.5) is 14.6 Å². The van der Waals surface area contributed by atoms with Crippen LogP contribution in [0.3, 0.4) is 0 Å². The molecule has 1 unspecified atom stereocenters. The molecule has 0 saturated carbocycles. The summed E-state index contributed by atoms with van der Waals surface area (Å²) in [6, 6.07) is 7.12. The summed E-state index contributed by atoms with van der Waals surface area (Å²) in [7, 11) is 0. The fourth-order valence-corrected chi connectivity index (χ4v) is 6.43. The zero-order valence-electron chi connectivity index (χ0n) is 25.0. The first-order valence-corrected chi connectivity index (χ1v) is 14.8. The van der Waals surface area contributed by atoms with Crippen LogP contribution >= 0.6 is 0 Å². The van der Waals surface area contributed by atoms with Crippen molar-refractivity contribution in [2.24, 2.45) is 21.8 Å². The van der Waals surface area contributed by atoms with Gasteiger partial charge in [-0.25, -0.2) is 18.7 Å². The van der Waals surface area contributed by atoms with Crippen LogP contribution in [-0.2, 0) is 4.74 Å². The van der Waals surface area contributed by atoms with Crippen LogP contribution in [-0.4, -0.2) is 71.4 Å². The van der Waals surface area contributed by atoms with Gasteiger partial charge in [-0.3, -0.25) is 9.98 Å². The van der Waals surface area contributed by atoms with Gasteiger partial charge in [0.1, 0.15) is 29.5 Å². The normalized spacial score (nSPS) is 18.5. The Bertz CT molecular complexity index is 1450. The van der Waals surface area contributed by atoms with Gasteiger partial charge in [0.25, 0.3) is 0 Å². The molecule has 4 heterocycles. The van der Waals surface area contributed by atoms with Crippen molar-refractivity contribution >= 4 is 29.3 Å². The van der Waals surface area contributed by atoms with Crippen LogP contribution in [0.5, 0.6) is 0 Å². The lowest BCUT2D eigenvalue weighted by molar-refractivity contribution is -0.0587. The summed E-state index contributed by atoms with van der Waals surface area (Å²) in [6.45, 7) is 16.4. The number of benzene rings is 1. The number of nitrogens with one attached hydrogen (secondary N) is 1. The van der Waals surface area contributed by atoms with Gasteiger partial charge in [0, 0.05) is 23.7 Å². The number of allylic oxidation sites excluding steroid dienone is 1. The third kappa shape index (κ3) is 6.29. The number of aryl methyl sites for hydroxylation is 1. The highest BCUT2D eigenvalue weighted by atomic mass is 19.1. The Morgan fingerprint density at radius 3 is 2.57 bits per heavy atom. The van der Waals surface area contributed by atoms with E-state index in [9.17, 15) is 0 Å². The van der Waals surface area contributed by atoms with Crippen molar-refractivity contribution < 1.29 is 13.5 Å². The third-order valence-corrected chi connectivity index (χ3v) is 8.57. The average Bonchev–Trinajstić information content (AvgIpc) is 3.30. The smallest absolute Gasteiger partial charge is 0.167 e.